The molecule has 90 valence electrons. The van der Waals surface area contributed by atoms with Gasteiger partial charge in [0.1, 0.15) is 6.33 Å². The molecule has 5 heteroatoms. The fourth-order valence-electron chi connectivity index (χ4n) is 1.93. The van der Waals surface area contributed by atoms with Crippen LogP contribution in [0.4, 0.5) is 0 Å². The Kier molecular flexibility index (Phi) is 2.44. The molecular formula is C13H12N4O. The van der Waals surface area contributed by atoms with Gasteiger partial charge in [0, 0.05) is 11.8 Å². The van der Waals surface area contributed by atoms with Crippen molar-refractivity contribution in [2.24, 2.45) is 0 Å². The molecular weight excluding hydrogens is 228 g/mol. The van der Waals surface area contributed by atoms with Crippen molar-refractivity contribution in [1.29, 1.82) is 0 Å². The van der Waals surface area contributed by atoms with Crippen LogP contribution in [0.2, 0.25) is 0 Å². The summed E-state index contributed by atoms with van der Waals surface area (Å²) in [5, 5.41) is 4.06. The molecule has 2 aromatic heterocycles. The molecule has 18 heavy (non-hydrogen) atoms. The maximum atomic E-state index is 11.7. The Balaban J connectivity index is 2.11. The molecule has 0 bridgehead atoms. The highest BCUT2D eigenvalue weighted by Gasteiger charge is 2.06. The molecule has 0 aliphatic rings. The van der Waals surface area contributed by atoms with Crippen molar-refractivity contribution in [2.45, 2.75) is 13.5 Å². The maximum Gasteiger partial charge on any atom is 0.275 e. The largest absolute Gasteiger partial charge is 0.295 e. The summed E-state index contributed by atoms with van der Waals surface area (Å²) in [7, 11) is 0. The molecule has 2 heterocycles. The smallest absolute Gasteiger partial charge is 0.275 e. The minimum Gasteiger partial charge on any atom is -0.295 e. The summed E-state index contributed by atoms with van der Waals surface area (Å²) in [6.45, 7) is 2.46. The second kappa shape index (κ2) is 4.10. The number of rotatable bonds is 2. The summed E-state index contributed by atoms with van der Waals surface area (Å²) in [4.78, 5) is 16.1. The third-order valence-corrected chi connectivity index (χ3v) is 2.77. The van der Waals surface area contributed by atoms with E-state index in [2.05, 4.69) is 10.1 Å². The number of hydrogen-bond acceptors (Lipinski definition) is 3. The van der Waals surface area contributed by atoms with Crippen LogP contribution in [-0.4, -0.2) is 19.2 Å². The quantitative estimate of drug-likeness (QED) is 0.677. The van der Waals surface area contributed by atoms with Crippen molar-refractivity contribution in [3.63, 3.8) is 0 Å². The zero-order valence-corrected chi connectivity index (χ0v) is 9.95. The average Bonchev–Trinajstić information content (AvgIpc) is 2.74. The van der Waals surface area contributed by atoms with Gasteiger partial charge in [0.05, 0.1) is 6.54 Å². The van der Waals surface area contributed by atoms with Crippen LogP contribution < -0.4 is 5.56 Å². The lowest BCUT2D eigenvalue weighted by Gasteiger charge is -2.03. The van der Waals surface area contributed by atoms with Crippen molar-refractivity contribution >= 4 is 5.78 Å². The third-order valence-electron chi connectivity index (χ3n) is 2.77. The van der Waals surface area contributed by atoms with Crippen molar-refractivity contribution in [1.82, 2.24) is 19.2 Å². The third kappa shape index (κ3) is 1.79. The number of nitrogens with zero attached hydrogens (tertiary/aromatic N) is 4. The highest BCUT2D eigenvalue weighted by molar-refractivity contribution is 5.30. The SMILES string of the molecule is Cc1cc(=O)n2ncn(Cc3ccccc3)c2n1. The number of aryl methyl sites for hydroxylation is 1. The van der Waals surface area contributed by atoms with E-state index in [9.17, 15) is 4.79 Å². The van der Waals surface area contributed by atoms with E-state index >= 15 is 0 Å². The topological polar surface area (TPSA) is 52.2 Å². The van der Waals surface area contributed by atoms with E-state index in [4.69, 9.17) is 0 Å². The molecule has 0 saturated carbocycles. The van der Waals surface area contributed by atoms with Crippen LogP contribution in [0.3, 0.4) is 0 Å². The molecule has 0 spiro atoms. The van der Waals surface area contributed by atoms with Gasteiger partial charge in [0.15, 0.2) is 0 Å². The number of benzene rings is 1. The predicted molar refractivity (Wildman–Crippen MR) is 67.5 cm³/mol. The lowest BCUT2D eigenvalue weighted by molar-refractivity contribution is 0.806. The molecule has 3 aromatic rings. The summed E-state index contributed by atoms with van der Waals surface area (Å²) >= 11 is 0. The molecule has 3 rings (SSSR count). The van der Waals surface area contributed by atoms with E-state index in [1.165, 1.54) is 10.6 Å². The monoisotopic (exact) mass is 240 g/mol. The minimum absolute atomic E-state index is 0.149. The number of aromatic nitrogens is 4. The van der Waals surface area contributed by atoms with Gasteiger partial charge in [0.2, 0.25) is 5.78 Å². The summed E-state index contributed by atoms with van der Waals surface area (Å²) in [5.41, 5.74) is 1.70. The Labute approximate surface area is 103 Å². The van der Waals surface area contributed by atoms with E-state index in [-0.39, 0.29) is 5.56 Å². The van der Waals surface area contributed by atoms with Gasteiger partial charge in [-0.1, -0.05) is 30.3 Å². The second-order valence-corrected chi connectivity index (χ2v) is 4.19. The van der Waals surface area contributed by atoms with Gasteiger partial charge in [-0.05, 0) is 12.5 Å². The fraction of sp³-hybridized carbons (Fsp3) is 0.154. The molecule has 0 aliphatic heterocycles. The lowest BCUT2D eigenvalue weighted by Crippen LogP contribution is -2.15. The molecule has 1 aromatic carbocycles. The Morgan fingerprint density at radius 3 is 2.78 bits per heavy atom. The molecule has 0 atom stereocenters. The van der Waals surface area contributed by atoms with Crippen LogP contribution >= 0.6 is 0 Å². The Bertz CT molecular complexity index is 743. The van der Waals surface area contributed by atoms with Crippen molar-refractivity contribution in [3.05, 3.63) is 64.3 Å². The first-order chi connectivity index (χ1) is 8.74. The second-order valence-electron chi connectivity index (χ2n) is 4.19. The van der Waals surface area contributed by atoms with Gasteiger partial charge in [-0.25, -0.2) is 4.98 Å². The first kappa shape index (κ1) is 10.7. The maximum absolute atomic E-state index is 11.7. The van der Waals surface area contributed by atoms with Crippen molar-refractivity contribution in [2.75, 3.05) is 0 Å². The molecule has 0 N–H and O–H groups in total. The normalized spacial score (nSPS) is 10.9. The summed E-state index contributed by atoms with van der Waals surface area (Å²) in [6.07, 6.45) is 1.64. The molecule has 0 saturated heterocycles. The molecule has 0 radical (unpaired) electrons. The Morgan fingerprint density at radius 1 is 1.22 bits per heavy atom. The van der Waals surface area contributed by atoms with Crippen molar-refractivity contribution < 1.29 is 0 Å². The molecule has 0 aliphatic carbocycles. The van der Waals surface area contributed by atoms with Crippen LogP contribution in [0.15, 0.2) is 47.5 Å². The van der Waals surface area contributed by atoms with Gasteiger partial charge in [0.25, 0.3) is 5.56 Å². The zero-order valence-electron chi connectivity index (χ0n) is 9.95. The van der Waals surface area contributed by atoms with Gasteiger partial charge in [-0.3, -0.25) is 9.36 Å². The van der Waals surface area contributed by atoms with Crippen LogP contribution in [0.1, 0.15) is 11.3 Å². The fourth-order valence-corrected chi connectivity index (χ4v) is 1.93. The van der Waals surface area contributed by atoms with Gasteiger partial charge < -0.3 is 0 Å². The summed E-state index contributed by atoms with van der Waals surface area (Å²) in [6, 6.07) is 11.5. The Morgan fingerprint density at radius 2 is 2.00 bits per heavy atom. The number of fused-ring (bicyclic) bond motifs is 1. The van der Waals surface area contributed by atoms with Crippen molar-refractivity contribution in [3.8, 4) is 0 Å². The summed E-state index contributed by atoms with van der Waals surface area (Å²) < 4.78 is 3.18. The van der Waals surface area contributed by atoms with Gasteiger partial charge >= 0.3 is 0 Å². The zero-order chi connectivity index (χ0) is 12.5. The van der Waals surface area contributed by atoms with Crippen LogP contribution in [-0.2, 0) is 6.54 Å². The van der Waals surface area contributed by atoms with E-state index in [1.54, 1.807) is 13.3 Å². The predicted octanol–water partition coefficient (Wildman–Crippen LogP) is 1.25. The Hall–Kier alpha value is -2.43. The number of hydrogen-bond donors (Lipinski definition) is 0. The summed E-state index contributed by atoms with van der Waals surface area (Å²) in [5.74, 6) is 0.573. The first-order valence-corrected chi connectivity index (χ1v) is 5.70. The highest BCUT2D eigenvalue weighted by Crippen LogP contribution is 2.05. The van der Waals surface area contributed by atoms with E-state index in [1.807, 2.05) is 34.9 Å². The molecule has 5 nitrogen and oxygen atoms in total. The van der Waals surface area contributed by atoms with Crippen LogP contribution in [0.5, 0.6) is 0 Å². The van der Waals surface area contributed by atoms with Gasteiger partial charge in [-0.2, -0.15) is 9.61 Å². The minimum atomic E-state index is -0.149. The molecule has 0 amide bonds. The standard InChI is InChI=1S/C13H12N4O/c1-10-7-12(18)17-13(15-10)16(9-14-17)8-11-5-3-2-4-6-11/h2-7,9H,8H2,1H3. The first-order valence-electron chi connectivity index (χ1n) is 5.70. The molecule has 0 fully saturated rings. The average molecular weight is 240 g/mol. The molecule has 0 unspecified atom stereocenters. The van der Waals surface area contributed by atoms with Gasteiger partial charge in [-0.15, -0.1) is 0 Å². The van der Waals surface area contributed by atoms with E-state index in [0.717, 1.165) is 5.56 Å². The lowest BCUT2D eigenvalue weighted by atomic mass is 10.2. The van der Waals surface area contributed by atoms with Crippen LogP contribution in [0, 0.1) is 6.92 Å². The van der Waals surface area contributed by atoms with E-state index in [0.29, 0.717) is 18.0 Å². The van der Waals surface area contributed by atoms with Crippen LogP contribution in [0.25, 0.3) is 5.78 Å². The highest BCUT2D eigenvalue weighted by atomic mass is 16.1. The van der Waals surface area contributed by atoms with E-state index < -0.39 is 0 Å².